The molecule has 1 fully saturated rings. The number of nitrogens with one attached hydrogen (secondary N) is 1. The lowest BCUT2D eigenvalue weighted by molar-refractivity contribution is -0.119. The van der Waals surface area contributed by atoms with Gasteiger partial charge in [0, 0.05) is 12.6 Å². The lowest BCUT2D eigenvalue weighted by Gasteiger charge is -2.23. The van der Waals surface area contributed by atoms with E-state index in [-0.39, 0.29) is 24.5 Å². The van der Waals surface area contributed by atoms with Crippen molar-refractivity contribution in [3.05, 3.63) is 47.5 Å². The van der Waals surface area contributed by atoms with Crippen LogP contribution in [0.25, 0.3) is 0 Å². The topological polar surface area (TPSA) is 92.5 Å². The predicted octanol–water partition coefficient (Wildman–Crippen LogP) is 2.10. The maximum atomic E-state index is 13.7. The van der Waals surface area contributed by atoms with Gasteiger partial charge in [-0.2, -0.15) is 4.31 Å². The van der Waals surface area contributed by atoms with E-state index in [0.717, 1.165) is 0 Å². The van der Waals surface area contributed by atoms with Crippen LogP contribution < -0.4 is 5.32 Å². The van der Waals surface area contributed by atoms with Crippen molar-refractivity contribution in [3.8, 4) is 0 Å². The summed E-state index contributed by atoms with van der Waals surface area (Å²) < 4.78 is 45.2. The first-order valence-corrected chi connectivity index (χ1v) is 9.95. The Balaban J connectivity index is 1.67. The van der Waals surface area contributed by atoms with Gasteiger partial charge in [0.25, 0.3) is 0 Å². The molecule has 1 aliphatic rings. The van der Waals surface area contributed by atoms with E-state index in [1.807, 2.05) is 0 Å². The molecule has 1 aromatic carbocycles. The van der Waals surface area contributed by atoms with E-state index in [2.05, 4.69) is 10.5 Å². The van der Waals surface area contributed by atoms with E-state index >= 15 is 0 Å². The maximum Gasteiger partial charge on any atom is 0.244 e. The minimum absolute atomic E-state index is 0.0579. The Hall–Kier alpha value is -2.26. The summed E-state index contributed by atoms with van der Waals surface area (Å²) >= 11 is 0. The Bertz CT molecular complexity index is 897. The summed E-state index contributed by atoms with van der Waals surface area (Å²) in [4.78, 5) is 12.5. The summed E-state index contributed by atoms with van der Waals surface area (Å²) in [6, 6.07) is 6.85. The highest BCUT2D eigenvalue weighted by molar-refractivity contribution is 7.89. The van der Waals surface area contributed by atoms with Gasteiger partial charge in [-0.05, 0) is 37.8 Å². The molecule has 26 heavy (non-hydrogen) atoms. The van der Waals surface area contributed by atoms with Crippen molar-refractivity contribution in [3.63, 3.8) is 0 Å². The maximum absolute atomic E-state index is 13.7. The normalized spacial score (nSPS) is 18.2. The van der Waals surface area contributed by atoms with E-state index in [1.54, 1.807) is 31.2 Å². The smallest absolute Gasteiger partial charge is 0.244 e. The summed E-state index contributed by atoms with van der Waals surface area (Å²) in [5, 5.41) is 6.26. The fraction of sp³-hybridized carbons (Fsp3) is 0.412. The highest BCUT2D eigenvalue weighted by Crippen LogP contribution is 2.23. The van der Waals surface area contributed by atoms with Crippen molar-refractivity contribution in [2.45, 2.75) is 32.2 Å². The van der Waals surface area contributed by atoms with Crippen LogP contribution in [-0.2, 0) is 21.2 Å². The fourth-order valence-corrected chi connectivity index (χ4v) is 4.74. The molecule has 1 saturated heterocycles. The first-order chi connectivity index (χ1) is 12.4. The van der Waals surface area contributed by atoms with Gasteiger partial charge in [-0.1, -0.05) is 23.4 Å². The molecule has 2 heterocycles. The van der Waals surface area contributed by atoms with Gasteiger partial charge in [0.1, 0.15) is 17.6 Å². The quantitative estimate of drug-likeness (QED) is 0.827. The summed E-state index contributed by atoms with van der Waals surface area (Å²) in [6.45, 7) is 1.97. The third-order valence-corrected chi connectivity index (χ3v) is 6.20. The van der Waals surface area contributed by atoms with Gasteiger partial charge in [0.15, 0.2) is 5.82 Å². The van der Waals surface area contributed by atoms with Crippen molar-refractivity contribution in [1.29, 1.82) is 0 Å². The van der Waals surface area contributed by atoms with Gasteiger partial charge < -0.3 is 9.84 Å². The molecule has 9 heteroatoms. The van der Waals surface area contributed by atoms with Gasteiger partial charge in [-0.3, -0.25) is 4.79 Å². The molecule has 0 saturated carbocycles. The highest BCUT2D eigenvalue weighted by Gasteiger charge is 2.38. The number of rotatable bonds is 6. The number of anilines is 1. The Kier molecular flexibility index (Phi) is 5.38. The van der Waals surface area contributed by atoms with Crippen LogP contribution in [0.1, 0.15) is 24.2 Å². The Morgan fingerprint density at radius 1 is 1.42 bits per heavy atom. The number of benzene rings is 1. The second kappa shape index (κ2) is 7.55. The molecule has 1 aromatic heterocycles. The number of aromatic nitrogens is 1. The van der Waals surface area contributed by atoms with Crippen molar-refractivity contribution in [1.82, 2.24) is 9.46 Å². The van der Waals surface area contributed by atoms with Gasteiger partial charge in [0.2, 0.25) is 15.9 Å². The van der Waals surface area contributed by atoms with Crippen LogP contribution in [0, 0.1) is 12.7 Å². The molecule has 1 aliphatic heterocycles. The van der Waals surface area contributed by atoms with E-state index in [9.17, 15) is 17.6 Å². The minimum Gasteiger partial charge on any atom is -0.360 e. The number of hydrogen-bond acceptors (Lipinski definition) is 5. The van der Waals surface area contributed by atoms with Crippen molar-refractivity contribution in [2.75, 3.05) is 17.6 Å². The van der Waals surface area contributed by atoms with E-state index in [1.165, 1.54) is 10.4 Å². The van der Waals surface area contributed by atoms with Crippen LogP contribution in [0.3, 0.4) is 0 Å². The van der Waals surface area contributed by atoms with Crippen LogP contribution in [0.5, 0.6) is 0 Å². The Morgan fingerprint density at radius 3 is 2.88 bits per heavy atom. The summed E-state index contributed by atoms with van der Waals surface area (Å²) in [5.74, 6) is -0.324. The monoisotopic (exact) mass is 381 g/mol. The molecule has 0 radical (unpaired) electrons. The molecule has 2 aromatic rings. The van der Waals surface area contributed by atoms with Crippen molar-refractivity contribution < 1.29 is 22.1 Å². The number of sulfonamides is 1. The summed E-state index contributed by atoms with van der Waals surface area (Å²) in [5.41, 5.74) is 0.342. The summed E-state index contributed by atoms with van der Waals surface area (Å²) in [7, 11) is -3.69. The van der Waals surface area contributed by atoms with Gasteiger partial charge in [-0.25, -0.2) is 12.8 Å². The third kappa shape index (κ3) is 4.10. The number of aryl methyl sites for hydroxylation is 2. The zero-order chi connectivity index (χ0) is 18.7. The first-order valence-electron chi connectivity index (χ1n) is 8.34. The average molecular weight is 381 g/mol. The van der Waals surface area contributed by atoms with Crippen molar-refractivity contribution >= 4 is 21.7 Å². The van der Waals surface area contributed by atoms with Gasteiger partial charge in [-0.15, -0.1) is 0 Å². The standard InChI is InChI=1S/C17H20FN3O4S/c1-12-11-16(20-25-12)19-17(22)15-7-4-9-21(15)26(23,24)10-8-13-5-2-3-6-14(13)18/h2-3,5-6,11,15H,4,7-10H2,1H3,(H,19,20,22)/t15-/m0/s1. The zero-order valence-electron chi connectivity index (χ0n) is 14.3. The van der Waals surface area contributed by atoms with Crippen molar-refractivity contribution in [2.24, 2.45) is 0 Å². The molecule has 0 spiro atoms. The van der Waals surface area contributed by atoms with Crippen LogP contribution in [-0.4, -0.2) is 42.1 Å². The van der Waals surface area contributed by atoms with E-state index in [0.29, 0.717) is 24.2 Å². The van der Waals surface area contributed by atoms with Crippen LogP contribution >= 0.6 is 0 Å². The van der Waals surface area contributed by atoms with E-state index < -0.39 is 27.8 Å². The molecule has 7 nitrogen and oxygen atoms in total. The highest BCUT2D eigenvalue weighted by atomic mass is 32.2. The second-order valence-corrected chi connectivity index (χ2v) is 8.28. The average Bonchev–Trinajstić information content (AvgIpc) is 3.23. The molecule has 1 N–H and O–H groups in total. The second-order valence-electron chi connectivity index (χ2n) is 6.24. The number of carbonyl (C=O) groups is 1. The third-order valence-electron chi connectivity index (χ3n) is 4.33. The number of halogens is 1. The number of hydrogen-bond donors (Lipinski definition) is 1. The van der Waals surface area contributed by atoms with Crippen LogP contribution in [0.4, 0.5) is 10.2 Å². The number of nitrogens with zero attached hydrogens (tertiary/aromatic N) is 2. The van der Waals surface area contributed by atoms with Crippen LogP contribution in [0.15, 0.2) is 34.9 Å². The minimum atomic E-state index is -3.69. The largest absolute Gasteiger partial charge is 0.360 e. The molecule has 0 aliphatic carbocycles. The first kappa shape index (κ1) is 18.5. The zero-order valence-corrected chi connectivity index (χ0v) is 15.1. The number of amides is 1. The van der Waals surface area contributed by atoms with Gasteiger partial charge in [0.05, 0.1) is 5.75 Å². The lowest BCUT2D eigenvalue weighted by Crippen LogP contribution is -2.44. The van der Waals surface area contributed by atoms with E-state index in [4.69, 9.17) is 4.52 Å². The molecule has 1 amide bonds. The fourth-order valence-electron chi connectivity index (χ4n) is 3.03. The molecule has 3 rings (SSSR count). The van der Waals surface area contributed by atoms with Crippen LogP contribution in [0.2, 0.25) is 0 Å². The van der Waals surface area contributed by atoms with Gasteiger partial charge >= 0.3 is 0 Å². The molecular weight excluding hydrogens is 361 g/mol. The Morgan fingerprint density at radius 2 is 2.19 bits per heavy atom. The SMILES string of the molecule is Cc1cc(NC(=O)[C@@H]2CCCN2S(=O)(=O)CCc2ccccc2F)no1. The molecule has 140 valence electrons. The predicted molar refractivity (Wildman–Crippen MR) is 93.5 cm³/mol. The molecule has 0 bridgehead atoms. The molecule has 1 atom stereocenters. The Labute approximate surface area is 151 Å². The summed E-state index contributed by atoms with van der Waals surface area (Å²) in [6.07, 6.45) is 1.08. The molecular formula is C17H20FN3O4S. The lowest BCUT2D eigenvalue weighted by atomic mass is 10.2. The molecule has 0 unspecified atom stereocenters. The number of carbonyl (C=O) groups excluding carboxylic acids is 1.